The fraction of sp³-hybridized carbons (Fsp3) is 0.0270. The molecule has 0 unspecified atom stereocenters. The zero-order valence-electron chi connectivity index (χ0n) is 23.1. The summed E-state index contributed by atoms with van der Waals surface area (Å²) in [6.45, 7) is 2.14. The summed E-state index contributed by atoms with van der Waals surface area (Å²) in [7, 11) is 0. The van der Waals surface area contributed by atoms with E-state index in [4.69, 9.17) is 9.97 Å². The van der Waals surface area contributed by atoms with Crippen molar-refractivity contribution in [3.63, 3.8) is 0 Å². The van der Waals surface area contributed by atoms with Gasteiger partial charge >= 0.3 is 0 Å². The lowest BCUT2D eigenvalue weighted by Gasteiger charge is -2.26. The minimum atomic E-state index is 0.875. The normalized spacial score (nSPS) is 11.5. The Morgan fingerprint density at radius 1 is 0.643 bits per heavy atom. The molecule has 8 rings (SSSR count). The van der Waals surface area contributed by atoms with Gasteiger partial charge in [0.25, 0.3) is 0 Å². The molecule has 5 nitrogen and oxygen atoms in total. The average Bonchev–Trinajstić information content (AvgIpc) is 3.62. The van der Waals surface area contributed by atoms with Crippen LogP contribution in [0, 0.1) is 6.92 Å². The molecule has 0 saturated carbocycles. The molecule has 0 bridgehead atoms. The highest BCUT2D eigenvalue weighted by Gasteiger charge is 2.18. The van der Waals surface area contributed by atoms with Gasteiger partial charge in [-0.25, -0.2) is 9.97 Å². The van der Waals surface area contributed by atoms with Crippen LogP contribution in [0.15, 0.2) is 146 Å². The summed E-state index contributed by atoms with van der Waals surface area (Å²) in [5, 5.41) is 2.43. The number of hydrogen-bond acceptors (Lipinski definition) is 3. The predicted molar refractivity (Wildman–Crippen MR) is 172 cm³/mol. The summed E-state index contributed by atoms with van der Waals surface area (Å²) < 4.78 is 4.50. The van der Waals surface area contributed by atoms with Crippen LogP contribution in [0.3, 0.4) is 0 Å². The number of aromatic nitrogens is 4. The molecule has 5 heteroatoms. The van der Waals surface area contributed by atoms with Gasteiger partial charge < -0.3 is 4.57 Å². The molecule has 0 saturated heterocycles. The molecule has 4 heterocycles. The first-order valence-electron chi connectivity index (χ1n) is 14.1. The number of hydrogen-bond donors (Lipinski definition) is 0. The van der Waals surface area contributed by atoms with Crippen LogP contribution < -0.4 is 4.90 Å². The topological polar surface area (TPSA) is 38.4 Å². The van der Waals surface area contributed by atoms with Gasteiger partial charge in [-0.3, -0.25) is 9.30 Å². The second-order valence-electron chi connectivity index (χ2n) is 10.5. The van der Waals surface area contributed by atoms with E-state index in [0.717, 1.165) is 50.8 Å². The Morgan fingerprint density at radius 2 is 1.48 bits per heavy atom. The zero-order valence-corrected chi connectivity index (χ0v) is 23.1. The molecule has 0 aliphatic carbocycles. The Morgan fingerprint density at radius 3 is 2.38 bits per heavy atom. The summed E-state index contributed by atoms with van der Waals surface area (Å²) in [4.78, 5) is 11.8. The molecule has 0 fully saturated rings. The Hall–Kier alpha value is -5.68. The van der Waals surface area contributed by atoms with Crippen molar-refractivity contribution in [1.82, 2.24) is 18.9 Å². The molecule has 0 amide bonds. The van der Waals surface area contributed by atoms with Gasteiger partial charge in [-0.2, -0.15) is 0 Å². The summed E-state index contributed by atoms with van der Waals surface area (Å²) in [6.07, 6.45) is 5.84. The second-order valence-corrected chi connectivity index (χ2v) is 10.5. The summed E-state index contributed by atoms with van der Waals surface area (Å²) in [5.74, 6) is 1.80. The van der Waals surface area contributed by atoms with E-state index < -0.39 is 0 Å². The molecule has 0 aliphatic rings. The lowest BCUT2D eigenvalue weighted by Crippen LogP contribution is -2.13. The molecule has 0 spiro atoms. The molecule has 0 aliphatic heterocycles. The molecule has 4 aromatic heterocycles. The lowest BCUT2D eigenvalue weighted by atomic mass is 10.1. The molecular formula is C37H27N5. The third-order valence-corrected chi connectivity index (χ3v) is 7.95. The van der Waals surface area contributed by atoms with Gasteiger partial charge in [-0.15, -0.1) is 0 Å². The van der Waals surface area contributed by atoms with Crippen LogP contribution in [0.25, 0.3) is 44.4 Å². The van der Waals surface area contributed by atoms with Gasteiger partial charge in [0.2, 0.25) is 0 Å². The van der Waals surface area contributed by atoms with Crippen molar-refractivity contribution in [3.8, 4) is 17.1 Å². The molecule has 4 aromatic carbocycles. The fourth-order valence-corrected chi connectivity index (χ4v) is 6.01. The smallest absolute Gasteiger partial charge is 0.144 e. The minimum Gasteiger partial charge on any atom is -0.309 e. The van der Waals surface area contributed by atoms with Gasteiger partial charge in [-0.05, 0) is 73.2 Å². The lowest BCUT2D eigenvalue weighted by molar-refractivity contribution is 1.14. The van der Waals surface area contributed by atoms with E-state index in [1.54, 1.807) is 0 Å². The molecular weight excluding hydrogens is 514 g/mol. The van der Waals surface area contributed by atoms with Gasteiger partial charge in [0.05, 0.1) is 28.4 Å². The minimum absolute atomic E-state index is 0.875. The van der Waals surface area contributed by atoms with Crippen molar-refractivity contribution in [1.29, 1.82) is 0 Å². The Balaban J connectivity index is 1.36. The number of nitrogens with zero attached hydrogens (tertiary/aromatic N) is 5. The Bertz CT molecular complexity index is 2220. The second kappa shape index (κ2) is 9.75. The van der Waals surface area contributed by atoms with Crippen LogP contribution in [0.1, 0.15) is 5.56 Å². The highest BCUT2D eigenvalue weighted by molar-refractivity contribution is 6.10. The highest BCUT2D eigenvalue weighted by atomic mass is 15.2. The third kappa shape index (κ3) is 3.86. The number of rotatable bonds is 5. The van der Waals surface area contributed by atoms with Crippen LogP contribution in [-0.2, 0) is 0 Å². The van der Waals surface area contributed by atoms with Crippen molar-refractivity contribution in [2.24, 2.45) is 0 Å². The zero-order chi connectivity index (χ0) is 28.0. The van der Waals surface area contributed by atoms with E-state index in [1.807, 2.05) is 36.7 Å². The van der Waals surface area contributed by atoms with Crippen LogP contribution in [0.5, 0.6) is 0 Å². The van der Waals surface area contributed by atoms with Crippen LogP contribution in [0.2, 0.25) is 0 Å². The number of anilines is 3. The van der Waals surface area contributed by atoms with E-state index in [2.05, 4.69) is 130 Å². The summed E-state index contributed by atoms with van der Waals surface area (Å²) >= 11 is 0. The van der Waals surface area contributed by atoms with E-state index in [-0.39, 0.29) is 0 Å². The van der Waals surface area contributed by atoms with E-state index >= 15 is 0 Å². The van der Waals surface area contributed by atoms with Gasteiger partial charge in [-0.1, -0.05) is 66.7 Å². The van der Waals surface area contributed by atoms with E-state index in [0.29, 0.717) is 0 Å². The standard InChI is InChI=1S/C37H27N5/c1-26-11-2-4-16-33(26)42(36-18-6-8-21-38-36)29-14-10-13-28(24-29)41-34-17-5-3-15-31(34)32-20-19-27(23-35(32)41)37-39-25-30-12-7-9-22-40(30)37/h2-25H,1H3. The molecule has 0 radical (unpaired) electrons. The fourth-order valence-electron chi connectivity index (χ4n) is 6.01. The van der Waals surface area contributed by atoms with Crippen molar-refractivity contribution < 1.29 is 0 Å². The number of para-hydroxylation sites is 2. The Kier molecular flexibility index (Phi) is 5.61. The Labute approximate surface area is 243 Å². The molecule has 0 atom stereocenters. The van der Waals surface area contributed by atoms with Gasteiger partial charge in [0.15, 0.2) is 0 Å². The SMILES string of the molecule is Cc1ccccc1N(c1cccc(-n2c3ccccc3c3ccc(-c4ncc5ccccn45)cc32)c1)c1ccccn1. The summed E-state index contributed by atoms with van der Waals surface area (Å²) in [5.41, 5.74) is 8.86. The first-order valence-corrected chi connectivity index (χ1v) is 14.1. The maximum Gasteiger partial charge on any atom is 0.144 e. The molecule has 200 valence electrons. The van der Waals surface area contributed by atoms with Crippen molar-refractivity contribution in [3.05, 3.63) is 152 Å². The maximum atomic E-state index is 4.78. The number of benzene rings is 4. The van der Waals surface area contributed by atoms with Crippen molar-refractivity contribution >= 4 is 44.5 Å². The van der Waals surface area contributed by atoms with Gasteiger partial charge in [0.1, 0.15) is 11.6 Å². The monoisotopic (exact) mass is 541 g/mol. The van der Waals surface area contributed by atoms with E-state index in [1.165, 1.54) is 16.3 Å². The van der Waals surface area contributed by atoms with Gasteiger partial charge in [0, 0.05) is 40.1 Å². The number of imidazole rings is 1. The summed E-state index contributed by atoms with van der Waals surface area (Å²) in [6, 6.07) is 44.7. The van der Waals surface area contributed by atoms with Crippen LogP contribution >= 0.6 is 0 Å². The predicted octanol–water partition coefficient (Wildman–Crippen LogP) is 9.27. The van der Waals surface area contributed by atoms with Crippen LogP contribution in [0.4, 0.5) is 17.2 Å². The molecule has 8 aromatic rings. The maximum absolute atomic E-state index is 4.78. The quantitative estimate of drug-likeness (QED) is 0.218. The molecule has 42 heavy (non-hydrogen) atoms. The third-order valence-electron chi connectivity index (χ3n) is 7.95. The van der Waals surface area contributed by atoms with Crippen molar-refractivity contribution in [2.75, 3.05) is 4.90 Å². The molecule has 0 N–H and O–H groups in total. The first kappa shape index (κ1) is 24.1. The van der Waals surface area contributed by atoms with E-state index in [9.17, 15) is 0 Å². The van der Waals surface area contributed by atoms with Crippen LogP contribution in [-0.4, -0.2) is 18.9 Å². The van der Waals surface area contributed by atoms with Crippen molar-refractivity contribution in [2.45, 2.75) is 6.92 Å². The number of fused-ring (bicyclic) bond motifs is 4. The number of pyridine rings is 2. The average molecular weight is 542 g/mol. The first-order chi connectivity index (χ1) is 20.8. The number of aryl methyl sites for hydroxylation is 1. The largest absolute Gasteiger partial charge is 0.309 e. The highest BCUT2D eigenvalue weighted by Crippen LogP contribution is 2.39.